The minimum atomic E-state index is 0.0446. The monoisotopic (exact) mass is 212 g/mol. The summed E-state index contributed by atoms with van der Waals surface area (Å²) in [4.78, 5) is 14.0. The van der Waals surface area contributed by atoms with Gasteiger partial charge in [-0.2, -0.15) is 0 Å². The summed E-state index contributed by atoms with van der Waals surface area (Å²) in [5.74, 6) is 1.14. The van der Waals surface area contributed by atoms with Crippen LogP contribution < -0.4 is 5.73 Å². The van der Waals surface area contributed by atoms with E-state index in [4.69, 9.17) is 5.73 Å². The van der Waals surface area contributed by atoms with Crippen molar-refractivity contribution in [3.63, 3.8) is 0 Å². The first kappa shape index (κ1) is 12.5. The van der Waals surface area contributed by atoms with Crippen LogP contribution in [0.3, 0.4) is 0 Å². The Bertz CT molecular complexity index is 194. The zero-order chi connectivity index (χ0) is 11.3. The lowest BCUT2D eigenvalue weighted by molar-refractivity contribution is -0.136. The quantitative estimate of drug-likeness (QED) is 0.769. The van der Waals surface area contributed by atoms with E-state index in [0.717, 1.165) is 25.4 Å². The van der Waals surface area contributed by atoms with Gasteiger partial charge in [-0.3, -0.25) is 4.79 Å². The molecule has 3 nitrogen and oxygen atoms in total. The van der Waals surface area contributed by atoms with E-state index < -0.39 is 0 Å². The number of carbonyl (C=O) groups excluding carboxylic acids is 1. The van der Waals surface area contributed by atoms with Gasteiger partial charge in [0.05, 0.1) is 5.92 Å². The summed E-state index contributed by atoms with van der Waals surface area (Å²) in [6.07, 6.45) is 4.45. The van der Waals surface area contributed by atoms with Gasteiger partial charge in [-0.25, -0.2) is 0 Å². The van der Waals surface area contributed by atoms with Crippen LogP contribution in [0.1, 0.15) is 39.5 Å². The number of amides is 1. The van der Waals surface area contributed by atoms with Crippen LogP contribution in [-0.4, -0.2) is 30.4 Å². The van der Waals surface area contributed by atoms with Crippen molar-refractivity contribution in [2.45, 2.75) is 39.5 Å². The van der Waals surface area contributed by atoms with Crippen molar-refractivity contribution in [1.82, 2.24) is 4.90 Å². The molecule has 1 atom stereocenters. The van der Waals surface area contributed by atoms with E-state index in [1.807, 2.05) is 11.8 Å². The first-order chi connectivity index (χ1) is 7.22. The van der Waals surface area contributed by atoms with E-state index in [1.165, 1.54) is 19.3 Å². The Morgan fingerprint density at radius 1 is 1.40 bits per heavy atom. The third kappa shape index (κ3) is 3.20. The lowest BCUT2D eigenvalue weighted by Crippen LogP contribution is -2.43. The van der Waals surface area contributed by atoms with Gasteiger partial charge < -0.3 is 10.6 Å². The number of rotatable bonds is 4. The molecule has 2 N–H and O–H groups in total. The molecular weight excluding hydrogens is 188 g/mol. The van der Waals surface area contributed by atoms with Crippen LogP contribution >= 0.6 is 0 Å². The van der Waals surface area contributed by atoms with E-state index in [1.54, 1.807) is 0 Å². The van der Waals surface area contributed by atoms with Gasteiger partial charge in [0.25, 0.3) is 0 Å². The van der Waals surface area contributed by atoms with E-state index >= 15 is 0 Å². The predicted molar refractivity (Wildman–Crippen MR) is 62.4 cm³/mol. The molecule has 15 heavy (non-hydrogen) atoms. The summed E-state index contributed by atoms with van der Waals surface area (Å²) in [5, 5.41) is 0. The Labute approximate surface area is 93.0 Å². The van der Waals surface area contributed by atoms with Gasteiger partial charge >= 0.3 is 0 Å². The van der Waals surface area contributed by atoms with Crippen molar-refractivity contribution in [2.24, 2.45) is 17.6 Å². The number of carbonyl (C=O) groups is 1. The fourth-order valence-electron chi connectivity index (χ4n) is 2.26. The van der Waals surface area contributed by atoms with E-state index in [-0.39, 0.29) is 11.8 Å². The number of piperidine rings is 1. The summed E-state index contributed by atoms with van der Waals surface area (Å²) < 4.78 is 0. The maximum absolute atomic E-state index is 12.0. The van der Waals surface area contributed by atoms with Crippen LogP contribution in [0.4, 0.5) is 0 Å². The van der Waals surface area contributed by atoms with Gasteiger partial charge in [0.1, 0.15) is 0 Å². The van der Waals surface area contributed by atoms with E-state index in [2.05, 4.69) is 6.92 Å². The Kier molecular flexibility index (Phi) is 5.09. The molecular formula is C12H24N2O. The van der Waals surface area contributed by atoms with Gasteiger partial charge in [-0.05, 0) is 25.2 Å². The maximum Gasteiger partial charge on any atom is 0.226 e. The third-order valence-electron chi connectivity index (χ3n) is 3.63. The second kappa shape index (κ2) is 6.11. The first-order valence-corrected chi connectivity index (χ1v) is 6.21. The first-order valence-electron chi connectivity index (χ1n) is 6.21. The highest BCUT2D eigenvalue weighted by atomic mass is 16.2. The van der Waals surface area contributed by atoms with Crippen molar-refractivity contribution in [3.05, 3.63) is 0 Å². The van der Waals surface area contributed by atoms with Crippen molar-refractivity contribution >= 4 is 5.91 Å². The highest BCUT2D eigenvalue weighted by molar-refractivity contribution is 5.79. The minimum absolute atomic E-state index is 0.0446. The number of hydrogen-bond acceptors (Lipinski definition) is 2. The standard InChI is InChI=1S/C12H24N2O/c1-3-10-5-7-14(8-6-10)12(15)11(4-2)9-13/h10-11H,3-9,13H2,1-2H3. The summed E-state index contributed by atoms with van der Waals surface area (Å²) in [6, 6.07) is 0. The van der Waals surface area contributed by atoms with Crippen LogP contribution in [0.5, 0.6) is 0 Å². The largest absolute Gasteiger partial charge is 0.342 e. The van der Waals surface area contributed by atoms with Crippen LogP contribution in [0.25, 0.3) is 0 Å². The van der Waals surface area contributed by atoms with Gasteiger partial charge in [-0.1, -0.05) is 20.3 Å². The second-order valence-electron chi connectivity index (χ2n) is 4.52. The molecule has 1 aliphatic heterocycles. The second-order valence-corrected chi connectivity index (χ2v) is 4.52. The van der Waals surface area contributed by atoms with E-state index in [0.29, 0.717) is 6.54 Å². The molecule has 0 aliphatic carbocycles. The molecule has 3 heteroatoms. The molecule has 0 bridgehead atoms. The van der Waals surface area contributed by atoms with Gasteiger partial charge in [0, 0.05) is 19.6 Å². The Morgan fingerprint density at radius 2 is 2.00 bits per heavy atom. The van der Waals surface area contributed by atoms with Gasteiger partial charge in [-0.15, -0.1) is 0 Å². The lowest BCUT2D eigenvalue weighted by atomic mass is 9.93. The van der Waals surface area contributed by atoms with Crippen molar-refractivity contribution in [1.29, 1.82) is 0 Å². The molecule has 0 aromatic carbocycles. The van der Waals surface area contributed by atoms with Crippen LogP contribution in [0.15, 0.2) is 0 Å². The zero-order valence-electron chi connectivity index (χ0n) is 10.0. The number of nitrogens with two attached hydrogens (primary N) is 1. The average Bonchev–Trinajstić information content (AvgIpc) is 2.30. The van der Waals surface area contributed by atoms with Crippen molar-refractivity contribution in [2.75, 3.05) is 19.6 Å². The van der Waals surface area contributed by atoms with Crippen LogP contribution in [0.2, 0.25) is 0 Å². The number of nitrogens with zero attached hydrogens (tertiary/aromatic N) is 1. The molecule has 1 rings (SSSR count). The Morgan fingerprint density at radius 3 is 2.40 bits per heavy atom. The molecule has 0 radical (unpaired) electrons. The minimum Gasteiger partial charge on any atom is -0.342 e. The molecule has 1 heterocycles. The fourth-order valence-corrected chi connectivity index (χ4v) is 2.26. The van der Waals surface area contributed by atoms with Gasteiger partial charge in [0.15, 0.2) is 0 Å². The molecule has 0 saturated carbocycles. The lowest BCUT2D eigenvalue weighted by Gasteiger charge is -2.33. The van der Waals surface area contributed by atoms with Crippen molar-refractivity contribution < 1.29 is 4.79 Å². The van der Waals surface area contributed by atoms with Crippen molar-refractivity contribution in [3.8, 4) is 0 Å². The molecule has 1 amide bonds. The third-order valence-corrected chi connectivity index (χ3v) is 3.63. The molecule has 1 saturated heterocycles. The normalized spacial score (nSPS) is 20.3. The summed E-state index contributed by atoms with van der Waals surface area (Å²) in [5.41, 5.74) is 5.60. The number of hydrogen-bond donors (Lipinski definition) is 1. The molecule has 88 valence electrons. The molecule has 0 aromatic heterocycles. The summed E-state index contributed by atoms with van der Waals surface area (Å²) in [6.45, 7) is 6.63. The molecule has 1 fully saturated rings. The molecule has 0 aromatic rings. The van der Waals surface area contributed by atoms with Gasteiger partial charge in [0.2, 0.25) is 5.91 Å². The molecule has 1 unspecified atom stereocenters. The molecule has 1 aliphatic rings. The average molecular weight is 212 g/mol. The number of likely N-dealkylation sites (tertiary alicyclic amines) is 1. The highest BCUT2D eigenvalue weighted by Gasteiger charge is 2.25. The Balaban J connectivity index is 2.42. The van der Waals surface area contributed by atoms with Crippen LogP contribution in [0, 0.1) is 11.8 Å². The smallest absolute Gasteiger partial charge is 0.226 e. The SMILES string of the molecule is CCC1CCN(C(=O)C(CC)CN)CC1. The van der Waals surface area contributed by atoms with E-state index in [9.17, 15) is 4.79 Å². The summed E-state index contributed by atoms with van der Waals surface area (Å²) >= 11 is 0. The zero-order valence-corrected chi connectivity index (χ0v) is 10.0. The Hall–Kier alpha value is -0.570. The molecule has 0 spiro atoms. The fraction of sp³-hybridized carbons (Fsp3) is 0.917. The predicted octanol–water partition coefficient (Wildman–Crippen LogP) is 1.62. The highest BCUT2D eigenvalue weighted by Crippen LogP contribution is 2.21. The maximum atomic E-state index is 12.0. The van der Waals surface area contributed by atoms with Crippen LogP contribution in [-0.2, 0) is 4.79 Å². The summed E-state index contributed by atoms with van der Waals surface area (Å²) in [7, 11) is 0. The topological polar surface area (TPSA) is 46.3 Å².